The van der Waals surface area contributed by atoms with Crippen LogP contribution in [-0.4, -0.2) is 29.3 Å². The molecule has 0 atom stereocenters. The van der Waals surface area contributed by atoms with Crippen molar-refractivity contribution in [3.8, 4) is 5.88 Å². The molecular formula is C10H9F3N2O5. The van der Waals surface area contributed by atoms with Crippen molar-refractivity contribution in [3.63, 3.8) is 0 Å². The number of alkyl halides is 3. The monoisotopic (exact) mass is 294 g/mol. The van der Waals surface area contributed by atoms with Crippen molar-refractivity contribution >= 4 is 11.7 Å². The molecule has 0 radical (unpaired) electrons. The molecule has 1 aromatic rings. The van der Waals surface area contributed by atoms with Gasteiger partial charge in [-0.25, -0.2) is 4.98 Å². The number of halogens is 3. The van der Waals surface area contributed by atoms with Gasteiger partial charge in [0, 0.05) is 5.56 Å². The van der Waals surface area contributed by atoms with Gasteiger partial charge in [0.05, 0.1) is 30.2 Å². The van der Waals surface area contributed by atoms with Crippen molar-refractivity contribution in [2.75, 3.05) is 7.11 Å². The van der Waals surface area contributed by atoms with Crippen LogP contribution in [0.15, 0.2) is 6.07 Å². The summed E-state index contributed by atoms with van der Waals surface area (Å²) in [6, 6.07) is 0.545. The van der Waals surface area contributed by atoms with E-state index in [2.05, 4.69) is 14.5 Å². The number of rotatable bonds is 4. The third-order valence-electron chi connectivity index (χ3n) is 2.28. The molecule has 7 nitrogen and oxygen atoms in total. The summed E-state index contributed by atoms with van der Waals surface area (Å²) >= 11 is 0. The number of carbonyl (C=O) groups is 1. The second kappa shape index (κ2) is 5.72. The fraction of sp³-hybridized carbons (Fsp3) is 0.400. The van der Waals surface area contributed by atoms with Crippen LogP contribution in [0.3, 0.4) is 0 Å². The summed E-state index contributed by atoms with van der Waals surface area (Å²) in [7, 11) is 1.07. The van der Waals surface area contributed by atoms with Crippen LogP contribution in [-0.2, 0) is 16.0 Å². The summed E-state index contributed by atoms with van der Waals surface area (Å²) in [6.45, 7) is 1.26. The number of nitro groups is 1. The molecule has 0 saturated heterocycles. The van der Waals surface area contributed by atoms with Crippen molar-refractivity contribution < 1.29 is 32.4 Å². The summed E-state index contributed by atoms with van der Waals surface area (Å²) < 4.78 is 44.2. The number of hydrogen-bond donors (Lipinski definition) is 0. The van der Waals surface area contributed by atoms with Gasteiger partial charge in [-0.05, 0) is 6.92 Å². The van der Waals surface area contributed by atoms with E-state index < -0.39 is 35.2 Å². The van der Waals surface area contributed by atoms with Crippen LogP contribution < -0.4 is 4.74 Å². The first-order valence-corrected chi connectivity index (χ1v) is 5.11. The van der Waals surface area contributed by atoms with E-state index in [-0.39, 0.29) is 11.3 Å². The number of aromatic nitrogens is 1. The highest BCUT2D eigenvalue weighted by Crippen LogP contribution is 2.29. The minimum atomic E-state index is -5.04. The maximum absolute atomic E-state index is 12.1. The van der Waals surface area contributed by atoms with Gasteiger partial charge in [0.25, 0.3) is 5.69 Å². The van der Waals surface area contributed by atoms with Crippen molar-refractivity contribution in [1.29, 1.82) is 0 Å². The summed E-state index contributed by atoms with van der Waals surface area (Å²) in [5.74, 6) is -1.80. The number of esters is 1. The smallest absolute Gasteiger partial charge is 0.469 e. The van der Waals surface area contributed by atoms with Crippen LogP contribution in [0.5, 0.6) is 5.88 Å². The standard InChI is InChI=1S/C10H9F3N2O5/c1-5-6(3-9(16)19-2)14-8(20-10(11,12)13)4-7(5)15(17)18/h4H,3H2,1-2H3. The van der Waals surface area contributed by atoms with Crippen molar-refractivity contribution in [2.45, 2.75) is 19.7 Å². The van der Waals surface area contributed by atoms with Gasteiger partial charge in [-0.3, -0.25) is 14.9 Å². The van der Waals surface area contributed by atoms with Gasteiger partial charge < -0.3 is 9.47 Å². The molecule has 0 amide bonds. The van der Waals surface area contributed by atoms with E-state index in [0.29, 0.717) is 6.07 Å². The van der Waals surface area contributed by atoms with Gasteiger partial charge >= 0.3 is 12.3 Å². The molecule has 0 saturated carbocycles. The van der Waals surface area contributed by atoms with Gasteiger partial charge in [-0.15, -0.1) is 13.2 Å². The number of hydrogen-bond acceptors (Lipinski definition) is 6. The first-order chi connectivity index (χ1) is 9.14. The van der Waals surface area contributed by atoms with E-state index in [0.717, 1.165) is 7.11 Å². The van der Waals surface area contributed by atoms with Crippen LogP contribution in [0.1, 0.15) is 11.3 Å². The van der Waals surface area contributed by atoms with Crippen LogP contribution in [0.2, 0.25) is 0 Å². The predicted molar refractivity (Wildman–Crippen MR) is 58.0 cm³/mol. The van der Waals surface area contributed by atoms with Crippen molar-refractivity contribution in [3.05, 3.63) is 27.4 Å². The lowest BCUT2D eigenvalue weighted by molar-refractivity contribution is -0.385. The first kappa shape index (κ1) is 15.7. The SMILES string of the molecule is COC(=O)Cc1nc(OC(F)(F)F)cc([N+](=O)[O-])c1C. The molecule has 0 bridgehead atoms. The first-order valence-electron chi connectivity index (χ1n) is 5.11. The van der Waals surface area contributed by atoms with Crippen LogP contribution in [0.4, 0.5) is 18.9 Å². The Balaban J connectivity index is 3.27. The maximum atomic E-state index is 12.1. The van der Waals surface area contributed by atoms with Crippen LogP contribution >= 0.6 is 0 Å². The second-order valence-corrected chi connectivity index (χ2v) is 3.61. The fourth-order valence-corrected chi connectivity index (χ4v) is 1.36. The fourth-order valence-electron chi connectivity index (χ4n) is 1.36. The van der Waals surface area contributed by atoms with Gasteiger partial charge in [-0.2, -0.15) is 0 Å². The molecule has 0 aliphatic rings. The molecule has 1 rings (SSSR count). The highest BCUT2D eigenvalue weighted by Gasteiger charge is 2.33. The topological polar surface area (TPSA) is 91.6 Å². The summed E-state index contributed by atoms with van der Waals surface area (Å²) in [5, 5.41) is 10.8. The largest absolute Gasteiger partial charge is 0.574 e. The van der Waals surface area contributed by atoms with Crippen molar-refractivity contribution in [2.24, 2.45) is 0 Å². The Morgan fingerprint density at radius 1 is 1.50 bits per heavy atom. The van der Waals surface area contributed by atoms with E-state index in [1.54, 1.807) is 0 Å². The molecule has 20 heavy (non-hydrogen) atoms. The third kappa shape index (κ3) is 4.07. The minimum absolute atomic E-state index is 0.0325. The predicted octanol–water partition coefficient (Wildman–Crippen LogP) is 1.91. The van der Waals surface area contributed by atoms with Gasteiger partial charge in [-0.1, -0.05) is 0 Å². The zero-order valence-electron chi connectivity index (χ0n) is 10.4. The maximum Gasteiger partial charge on any atom is 0.574 e. The Bertz CT molecular complexity index is 544. The van der Waals surface area contributed by atoms with Crippen molar-refractivity contribution in [1.82, 2.24) is 4.98 Å². The van der Waals surface area contributed by atoms with E-state index in [1.165, 1.54) is 6.92 Å². The number of methoxy groups -OCH3 is 1. The average molecular weight is 294 g/mol. The molecule has 0 aliphatic heterocycles. The van der Waals surface area contributed by atoms with E-state index >= 15 is 0 Å². The number of nitrogens with zero attached hydrogens (tertiary/aromatic N) is 2. The normalized spacial score (nSPS) is 11.1. The average Bonchev–Trinajstić information content (AvgIpc) is 2.30. The molecule has 1 aromatic heterocycles. The molecule has 0 aromatic carbocycles. The van der Waals surface area contributed by atoms with Gasteiger partial charge in [0.2, 0.25) is 5.88 Å². The second-order valence-electron chi connectivity index (χ2n) is 3.61. The Morgan fingerprint density at radius 2 is 2.10 bits per heavy atom. The Labute approximate surface area is 110 Å². The Morgan fingerprint density at radius 3 is 2.55 bits per heavy atom. The molecule has 0 fully saturated rings. The molecule has 10 heteroatoms. The zero-order chi connectivity index (χ0) is 15.5. The lowest BCUT2D eigenvalue weighted by Gasteiger charge is -2.11. The highest BCUT2D eigenvalue weighted by atomic mass is 19.4. The number of ether oxygens (including phenoxy) is 2. The highest BCUT2D eigenvalue weighted by molar-refractivity contribution is 5.72. The van der Waals surface area contributed by atoms with E-state index in [9.17, 15) is 28.1 Å². The lowest BCUT2D eigenvalue weighted by Crippen LogP contribution is -2.19. The number of pyridine rings is 1. The van der Waals surface area contributed by atoms with Crippen LogP contribution in [0, 0.1) is 17.0 Å². The summed E-state index contributed by atoms with van der Waals surface area (Å²) in [4.78, 5) is 24.4. The minimum Gasteiger partial charge on any atom is -0.469 e. The Hall–Kier alpha value is -2.39. The molecule has 110 valence electrons. The van der Waals surface area contributed by atoms with Gasteiger partial charge in [0.15, 0.2) is 0 Å². The van der Waals surface area contributed by atoms with E-state index in [1.807, 2.05) is 0 Å². The van der Waals surface area contributed by atoms with Crippen LogP contribution in [0.25, 0.3) is 0 Å². The molecule has 0 unspecified atom stereocenters. The molecule has 0 spiro atoms. The molecule has 0 aliphatic carbocycles. The lowest BCUT2D eigenvalue weighted by atomic mass is 10.1. The summed E-state index contributed by atoms with van der Waals surface area (Å²) in [6.07, 6.45) is -5.54. The molecule has 1 heterocycles. The Kier molecular flexibility index (Phi) is 4.48. The summed E-state index contributed by atoms with van der Waals surface area (Å²) in [5.41, 5.74) is -0.877. The molecular weight excluding hydrogens is 285 g/mol. The van der Waals surface area contributed by atoms with Gasteiger partial charge in [0.1, 0.15) is 0 Å². The quantitative estimate of drug-likeness (QED) is 0.478. The van der Waals surface area contributed by atoms with E-state index in [4.69, 9.17) is 0 Å². The zero-order valence-corrected chi connectivity index (χ0v) is 10.4. The number of carbonyl (C=O) groups excluding carboxylic acids is 1. The third-order valence-corrected chi connectivity index (χ3v) is 2.28. The molecule has 0 N–H and O–H groups in total.